The lowest BCUT2D eigenvalue weighted by Gasteiger charge is -2.17. The second-order valence-electron chi connectivity index (χ2n) is 6.05. The van der Waals surface area contributed by atoms with Gasteiger partial charge in [-0.2, -0.15) is 4.31 Å². The molecule has 0 radical (unpaired) electrons. The van der Waals surface area contributed by atoms with Gasteiger partial charge in [-0.05, 0) is 30.7 Å². The summed E-state index contributed by atoms with van der Waals surface area (Å²) in [6, 6.07) is 16.8. The molecule has 0 saturated heterocycles. The summed E-state index contributed by atoms with van der Waals surface area (Å²) in [5.74, 6) is 0.363. The summed E-state index contributed by atoms with van der Waals surface area (Å²) in [5, 5.41) is 6.27. The number of aryl methyl sites for hydroxylation is 1. The summed E-state index contributed by atoms with van der Waals surface area (Å²) < 4.78 is 31.8. The molecule has 3 aromatic rings. The van der Waals surface area contributed by atoms with Gasteiger partial charge in [-0.15, -0.1) is 0 Å². The normalized spacial score (nSPS) is 11.5. The number of anilines is 1. The van der Waals surface area contributed by atoms with Crippen molar-refractivity contribution in [2.75, 3.05) is 12.4 Å². The lowest BCUT2D eigenvalue weighted by molar-refractivity contribution is 0.102. The third-order valence-corrected chi connectivity index (χ3v) is 5.72. The minimum absolute atomic E-state index is 0.0462. The Labute approximate surface area is 157 Å². The fourth-order valence-corrected chi connectivity index (χ4v) is 3.72. The molecule has 3 rings (SSSR count). The van der Waals surface area contributed by atoms with Gasteiger partial charge in [0.2, 0.25) is 10.0 Å². The van der Waals surface area contributed by atoms with Gasteiger partial charge in [0.05, 0.1) is 4.90 Å². The first kappa shape index (κ1) is 18.8. The number of benzene rings is 2. The smallest absolute Gasteiger partial charge is 0.256 e. The van der Waals surface area contributed by atoms with Crippen molar-refractivity contribution in [1.82, 2.24) is 9.46 Å². The quantitative estimate of drug-likeness (QED) is 0.704. The van der Waals surface area contributed by atoms with E-state index < -0.39 is 15.9 Å². The van der Waals surface area contributed by atoms with E-state index in [1.165, 1.54) is 29.6 Å². The van der Waals surface area contributed by atoms with E-state index in [1.54, 1.807) is 19.1 Å². The SMILES string of the molecule is Cc1cc(NC(=O)c2cccc(S(=O)(=O)N(C)Cc3ccccc3)c2)no1. The van der Waals surface area contributed by atoms with Gasteiger partial charge in [0.25, 0.3) is 5.91 Å². The van der Waals surface area contributed by atoms with Crippen LogP contribution < -0.4 is 5.32 Å². The maximum Gasteiger partial charge on any atom is 0.256 e. The number of rotatable bonds is 6. The Balaban J connectivity index is 1.79. The second kappa shape index (κ2) is 7.73. The molecule has 0 saturated carbocycles. The molecule has 0 aliphatic carbocycles. The van der Waals surface area contributed by atoms with Crippen molar-refractivity contribution in [3.05, 3.63) is 77.6 Å². The number of sulfonamides is 1. The molecule has 0 unspecified atom stereocenters. The average Bonchev–Trinajstić information content (AvgIpc) is 3.07. The Kier molecular flexibility index (Phi) is 5.38. The molecule has 140 valence electrons. The number of nitrogens with one attached hydrogen (secondary N) is 1. The Hall–Kier alpha value is -2.97. The monoisotopic (exact) mass is 385 g/mol. The van der Waals surface area contributed by atoms with Gasteiger partial charge in [-0.3, -0.25) is 4.79 Å². The molecule has 0 spiro atoms. The van der Waals surface area contributed by atoms with Crippen LogP contribution in [0.2, 0.25) is 0 Å². The van der Waals surface area contributed by atoms with Crippen LogP contribution in [0.3, 0.4) is 0 Å². The van der Waals surface area contributed by atoms with Crippen molar-refractivity contribution >= 4 is 21.7 Å². The largest absolute Gasteiger partial charge is 0.360 e. The summed E-state index contributed by atoms with van der Waals surface area (Å²) in [7, 11) is -2.24. The van der Waals surface area contributed by atoms with Crippen molar-refractivity contribution in [1.29, 1.82) is 0 Å². The third-order valence-electron chi connectivity index (χ3n) is 3.92. The molecule has 0 aliphatic rings. The van der Waals surface area contributed by atoms with Gasteiger partial charge in [0, 0.05) is 25.2 Å². The lowest BCUT2D eigenvalue weighted by Crippen LogP contribution is -2.26. The van der Waals surface area contributed by atoms with Crippen LogP contribution in [-0.2, 0) is 16.6 Å². The van der Waals surface area contributed by atoms with Crippen molar-refractivity contribution in [2.45, 2.75) is 18.4 Å². The zero-order valence-electron chi connectivity index (χ0n) is 14.9. The number of carbonyl (C=O) groups excluding carboxylic acids is 1. The van der Waals surface area contributed by atoms with Crippen LogP contribution in [0.15, 0.2) is 70.1 Å². The van der Waals surface area contributed by atoms with Crippen LogP contribution in [0.5, 0.6) is 0 Å². The highest BCUT2D eigenvalue weighted by atomic mass is 32.2. The Morgan fingerprint density at radius 3 is 2.52 bits per heavy atom. The van der Waals surface area contributed by atoms with Crippen LogP contribution in [0.25, 0.3) is 0 Å². The molecule has 0 bridgehead atoms. The third kappa shape index (κ3) is 4.42. The van der Waals surface area contributed by atoms with Crippen molar-refractivity contribution < 1.29 is 17.7 Å². The zero-order chi connectivity index (χ0) is 19.4. The number of carbonyl (C=O) groups is 1. The summed E-state index contributed by atoms with van der Waals surface area (Å²) in [6.45, 7) is 1.94. The molecular weight excluding hydrogens is 366 g/mol. The first-order chi connectivity index (χ1) is 12.9. The Morgan fingerprint density at radius 2 is 1.85 bits per heavy atom. The van der Waals surface area contributed by atoms with Gasteiger partial charge in [-0.1, -0.05) is 41.6 Å². The topological polar surface area (TPSA) is 92.5 Å². The number of nitrogens with zero attached hydrogens (tertiary/aromatic N) is 2. The molecule has 0 aliphatic heterocycles. The maximum atomic E-state index is 12.8. The number of amides is 1. The highest BCUT2D eigenvalue weighted by Crippen LogP contribution is 2.19. The minimum atomic E-state index is -3.74. The molecule has 1 N–H and O–H groups in total. The van der Waals surface area contributed by atoms with Crippen LogP contribution in [0.1, 0.15) is 21.7 Å². The Morgan fingerprint density at radius 1 is 1.11 bits per heavy atom. The summed E-state index contributed by atoms with van der Waals surface area (Å²) in [5.41, 5.74) is 1.09. The van der Waals surface area contributed by atoms with Gasteiger partial charge in [-0.25, -0.2) is 8.42 Å². The molecule has 0 fully saturated rings. The van der Waals surface area contributed by atoms with E-state index in [1.807, 2.05) is 30.3 Å². The van der Waals surface area contributed by atoms with Crippen LogP contribution >= 0.6 is 0 Å². The molecule has 1 aromatic heterocycles. The van der Waals surface area contributed by atoms with E-state index >= 15 is 0 Å². The lowest BCUT2D eigenvalue weighted by atomic mass is 10.2. The highest BCUT2D eigenvalue weighted by molar-refractivity contribution is 7.89. The molecule has 1 heterocycles. The van der Waals surface area contributed by atoms with E-state index in [2.05, 4.69) is 10.5 Å². The molecule has 1 amide bonds. The maximum absolute atomic E-state index is 12.8. The van der Waals surface area contributed by atoms with E-state index in [9.17, 15) is 13.2 Å². The summed E-state index contributed by atoms with van der Waals surface area (Å²) in [6.07, 6.45) is 0. The first-order valence-electron chi connectivity index (χ1n) is 8.21. The minimum Gasteiger partial charge on any atom is -0.360 e. The highest BCUT2D eigenvalue weighted by Gasteiger charge is 2.22. The second-order valence-corrected chi connectivity index (χ2v) is 8.10. The van der Waals surface area contributed by atoms with Crippen LogP contribution in [0, 0.1) is 6.92 Å². The molecule has 8 heteroatoms. The first-order valence-corrected chi connectivity index (χ1v) is 9.65. The molecule has 0 atom stereocenters. The predicted octanol–water partition coefficient (Wildman–Crippen LogP) is 3.06. The fraction of sp³-hybridized carbons (Fsp3) is 0.158. The van der Waals surface area contributed by atoms with Gasteiger partial charge >= 0.3 is 0 Å². The fourth-order valence-electron chi connectivity index (χ4n) is 2.52. The van der Waals surface area contributed by atoms with Crippen LogP contribution in [0.4, 0.5) is 5.82 Å². The van der Waals surface area contributed by atoms with Crippen molar-refractivity contribution in [3.63, 3.8) is 0 Å². The van der Waals surface area contributed by atoms with E-state index in [0.717, 1.165) is 5.56 Å². The molecule has 2 aromatic carbocycles. The predicted molar refractivity (Wildman–Crippen MR) is 101 cm³/mol. The van der Waals surface area contributed by atoms with E-state index in [4.69, 9.17) is 4.52 Å². The average molecular weight is 385 g/mol. The number of aromatic nitrogens is 1. The van der Waals surface area contributed by atoms with Crippen molar-refractivity contribution in [3.8, 4) is 0 Å². The van der Waals surface area contributed by atoms with Gasteiger partial charge in [0.15, 0.2) is 5.82 Å². The molecule has 7 nitrogen and oxygen atoms in total. The zero-order valence-corrected chi connectivity index (χ0v) is 15.7. The summed E-state index contributed by atoms with van der Waals surface area (Å²) >= 11 is 0. The Bertz CT molecular complexity index is 1050. The number of hydrogen-bond acceptors (Lipinski definition) is 5. The standard InChI is InChI=1S/C19H19N3O4S/c1-14-11-18(21-26-14)20-19(23)16-9-6-10-17(12-16)27(24,25)22(2)13-15-7-4-3-5-8-15/h3-12H,13H2,1-2H3,(H,20,21,23). The van der Waals surface area contributed by atoms with Crippen molar-refractivity contribution in [2.24, 2.45) is 0 Å². The molecule has 27 heavy (non-hydrogen) atoms. The van der Waals surface area contributed by atoms with Gasteiger partial charge < -0.3 is 9.84 Å². The summed E-state index contributed by atoms with van der Waals surface area (Å²) in [4.78, 5) is 12.4. The van der Waals surface area contributed by atoms with E-state index in [-0.39, 0.29) is 22.8 Å². The molecular formula is C19H19N3O4S. The van der Waals surface area contributed by atoms with Gasteiger partial charge in [0.1, 0.15) is 5.76 Å². The number of hydrogen-bond donors (Lipinski definition) is 1. The van der Waals surface area contributed by atoms with E-state index in [0.29, 0.717) is 5.76 Å². The van der Waals surface area contributed by atoms with Crippen LogP contribution in [-0.4, -0.2) is 30.8 Å².